The fourth-order valence-corrected chi connectivity index (χ4v) is 0.150. The first-order chi connectivity index (χ1) is 2.91. The molecule has 0 bridgehead atoms. The van der Waals surface area contributed by atoms with Crippen LogP contribution in [0.2, 0.25) is 0 Å². The van der Waals surface area contributed by atoms with Crippen LogP contribution in [0.25, 0.3) is 4.85 Å². The Hall–Kier alpha value is -0.550. The van der Waals surface area contributed by atoms with Crippen molar-refractivity contribution in [3.8, 4) is 0 Å². The number of nitrogens with zero attached hydrogens (tertiary/aromatic N) is 1. The van der Waals surface area contributed by atoms with Crippen molar-refractivity contribution >= 4 is 0 Å². The number of hydrogen-bond acceptors (Lipinski definition) is 1. The molecule has 0 rings (SSSR count). The molecule has 0 heterocycles. The Bertz CT molecular complexity index is 55.1. The SMILES string of the molecule is [C-]#[N+]CCCO. The maximum atomic E-state index is 8.05. The summed E-state index contributed by atoms with van der Waals surface area (Å²) in [5, 5.41) is 8.05. The van der Waals surface area contributed by atoms with E-state index in [2.05, 4.69) is 4.85 Å². The van der Waals surface area contributed by atoms with Crippen LogP contribution in [-0.4, -0.2) is 18.3 Å². The monoisotopic (exact) mass is 85.1 g/mol. The van der Waals surface area contributed by atoms with E-state index in [0.717, 1.165) is 0 Å². The van der Waals surface area contributed by atoms with Gasteiger partial charge in [0.1, 0.15) is 0 Å². The molecule has 0 unspecified atom stereocenters. The van der Waals surface area contributed by atoms with Crippen LogP contribution in [-0.2, 0) is 0 Å². The van der Waals surface area contributed by atoms with Crippen LogP contribution in [0.4, 0.5) is 0 Å². The molecule has 0 spiro atoms. The summed E-state index contributed by atoms with van der Waals surface area (Å²) in [5.41, 5.74) is 0. The van der Waals surface area contributed by atoms with Gasteiger partial charge in [-0.25, -0.2) is 6.57 Å². The van der Waals surface area contributed by atoms with Gasteiger partial charge in [0.15, 0.2) is 0 Å². The second-order valence-electron chi connectivity index (χ2n) is 0.959. The molecule has 34 valence electrons. The van der Waals surface area contributed by atoms with Gasteiger partial charge in [-0.05, 0) is 0 Å². The molecule has 0 aromatic carbocycles. The van der Waals surface area contributed by atoms with Crippen molar-refractivity contribution in [2.75, 3.05) is 13.2 Å². The molecule has 0 saturated carbocycles. The number of aliphatic hydroxyl groups is 1. The van der Waals surface area contributed by atoms with Crippen molar-refractivity contribution in [2.45, 2.75) is 6.42 Å². The fraction of sp³-hybridized carbons (Fsp3) is 0.750. The Kier molecular flexibility index (Phi) is 4.04. The molecule has 1 N–H and O–H groups in total. The van der Waals surface area contributed by atoms with E-state index in [1.807, 2.05) is 0 Å². The Labute approximate surface area is 37.2 Å². The molecule has 0 fully saturated rings. The zero-order valence-corrected chi connectivity index (χ0v) is 3.52. The van der Waals surface area contributed by atoms with E-state index in [1.165, 1.54) is 0 Å². The third-order valence-corrected chi connectivity index (χ3v) is 0.428. The van der Waals surface area contributed by atoms with E-state index in [-0.39, 0.29) is 6.61 Å². The lowest BCUT2D eigenvalue weighted by atomic mass is 10.5. The van der Waals surface area contributed by atoms with Crippen LogP contribution in [0, 0.1) is 6.57 Å². The normalized spacial score (nSPS) is 7.33. The van der Waals surface area contributed by atoms with Gasteiger partial charge in [-0.3, -0.25) is 0 Å². The summed E-state index contributed by atoms with van der Waals surface area (Å²) in [6, 6.07) is 0. The van der Waals surface area contributed by atoms with Gasteiger partial charge in [0.25, 0.3) is 0 Å². The summed E-state index contributed by atoms with van der Waals surface area (Å²) in [4.78, 5) is 3.02. The van der Waals surface area contributed by atoms with Gasteiger partial charge in [0.2, 0.25) is 6.54 Å². The van der Waals surface area contributed by atoms with Crippen molar-refractivity contribution in [2.24, 2.45) is 0 Å². The van der Waals surface area contributed by atoms with E-state index in [0.29, 0.717) is 13.0 Å². The molecule has 0 radical (unpaired) electrons. The van der Waals surface area contributed by atoms with Gasteiger partial charge in [-0.1, -0.05) is 0 Å². The van der Waals surface area contributed by atoms with E-state index >= 15 is 0 Å². The highest BCUT2D eigenvalue weighted by molar-refractivity contribution is 4.55. The Morgan fingerprint density at radius 3 is 2.50 bits per heavy atom. The Morgan fingerprint density at radius 2 is 2.33 bits per heavy atom. The van der Waals surface area contributed by atoms with Crippen LogP contribution in [0.15, 0.2) is 0 Å². The second kappa shape index (κ2) is 4.45. The highest BCUT2D eigenvalue weighted by atomic mass is 16.2. The summed E-state index contributed by atoms with van der Waals surface area (Å²) >= 11 is 0. The van der Waals surface area contributed by atoms with Gasteiger partial charge in [-0.15, -0.1) is 0 Å². The third-order valence-electron chi connectivity index (χ3n) is 0.428. The second-order valence-corrected chi connectivity index (χ2v) is 0.959. The van der Waals surface area contributed by atoms with Gasteiger partial charge >= 0.3 is 0 Å². The van der Waals surface area contributed by atoms with E-state index in [9.17, 15) is 0 Å². The average molecular weight is 85.1 g/mol. The predicted molar refractivity (Wildman–Crippen MR) is 23.2 cm³/mol. The van der Waals surface area contributed by atoms with Gasteiger partial charge in [-0.2, -0.15) is 0 Å². The molecule has 0 atom stereocenters. The zero-order chi connectivity index (χ0) is 4.83. The molecule has 2 nitrogen and oxygen atoms in total. The van der Waals surface area contributed by atoms with Crippen molar-refractivity contribution in [3.05, 3.63) is 11.4 Å². The van der Waals surface area contributed by atoms with E-state index in [1.54, 1.807) is 0 Å². The van der Waals surface area contributed by atoms with Gasteiger partial charge in [0.05, 0.1) is 6.61 Å². The lowest BCUT2D eigenvalue weighted by molar-refractivity contribution is 0.294. The third kappa shape index (κ3) is 3.45. The van der Waals surface area contributed by atoms with Crippen molar-refractivity contribution < 1.29 is 5.11 Å². The van der Waals surface area contributed by atoms with Crippen LogP contribution in [0.3, 0.4) is 0 Å². The minimum atomic E-state index is 0.141. The summed E-state index contributed by atoms with van der Waals surface area (Å²) in [7, 11) is 0. The molecule has 0 aromatic rings. The fourth-order valence-electron chi connectivity index (χ4n) is 0.150. The highest BCUT2D eigenvalue weighted by Crippen LogP contribution is 1.73. The van der Waals surface area contributed by atoms with Crippen LogP contribution >= 0.6 is 0 Å². The Morgan fingerprint density at radius 1 is 1.67 bits per heavy atom. The predicted octanol–water partition coefficient (Wildman–Crippen LogP) is 0.288. The average Bonchev–Trinajstić information content (AvgIpc) is 1.61. The minimum absolute atomic E-state index is 0.141. The lowest BCUT2D eigenvalue weighted by Gasteiger charge is -1.76. The molecule has 0 aromatic heterocycles. The van der Waals surface area contributed by atoms with Crippen LogP contribution in [0.1, 0.15) is 6.42 Å². The molecule has 0 aliphatic heterocycles. The van der Waals surface area contributed by atoms with Gasteiger partial charge < -0.3 is 9.95 Å². The molecule has 2 heteroatoms. The van der Waals surface area contributed by atoms with Crippen LogP contribution in [0.5, 0.6) is 0 Å². The number of hydrogen-bond donors (Lipinski definition) is 1. The van der Waals surface area contributed by atoms with E-state index in [4.69, 9.17) is 11.7 Å². The Balaban J connectivity index is 2.54. The maximum Gasteiger partial charge on any atom is 0.216 e. The highest BCUT2D eigenvalue weighted by Gasteiger charge is 1.78. The van der Waals surface area contributed by atoms with Crippen molar-refractivity contribution in [1.82, 2.24) is 0 Å². The molecule has 0 aliphatic carbocycles. The lowest BCUT2D eigenvalue weighted by Crippen LogP contribution is -1.81. The quantitative estimate of drug-likeness (QED) is 0.378. The summed E-state index contributed by atoms with van der Waals surface area (Å²) in [5.74, 6) is 0. The van der Waals surface area contributed by atoms with Crippen molar-refractivity contribution in [3.63, 3.8) is 0 Å². The summed E-state index contributed by atoms with van der Waals surface area (Å²) in [6.07, 6.45) is 0.615. The molecule has 6 heavy (non-hydrogen) atoms. The summed E-state index contributed by atoms with van der Waals surface area (Å²) < 4.78 is 0. The summed E-state index contributed by atoms with van der Waals surface area (Å²) in [6.45, 7) is 6.82. The van der Waals surface area contributed by atoms with E-state index < -0.39 is 0 Å². The maximum absolute atomic E-state index is 8.05. The smallest absolute Gasteiger partial charge is 0.216 e. The zero-order valence-electron chi connectivity index (χ0n) is 3.52. The standard InChI is InChI=1S/C4H7NO/c1-5-3-2-4-6/h6H,2-4H2. The van der Waals surface area contributed by atoms with Gasteiger partial charge in [0, 0.05) is 6.42 Å². The van der Waals surface area contributed by atoms with Crippen molar-refractivity contribution in [1.29, 1.82) is 0 Å². The first-order valence-electron chi connectivity index (χ1n) is 1.86. The number of rotatable bonds is 2. The van der Waals surface area contributed by atoms with Crippen LogP contribution < -0.4 is 0 Å². The minimum Gasteiger partial charge on any atom is -0.396 e. The largest absolute Gasteiger partial charge is 0.396 e. The first kappa shape index (κ1) is 5.45. The molecular formula is C4H7NO. The molecular weight excluding hydrogens is 78.0 g/mol. The topological polar surface area (TPSA) is 24.6 Å². The number of aliphatic hydroxyl groups excluding tert-OH is 1. The first-order valence-corrected chi connectivity index (χ1v) is 1.86. The molecule has 0 saturated heterocycles. The molecule has 0 amide bonds. The molecule has 0 aliphatic rings.